The Balaban J connectivity index is 1.82. The number of nitrogens with zero attached hydrogens (tertiary/aromatic N) is 4. The first-order valence-corrected chi connectivity index (χ1v) is 11.2. The Kier molecular flexibility index (Phi) is 6.01. The summed E-state index contributed by atoms with van der Waals surface area (Å²) in [4.78, 5) is 8.99. The Bertz CT molecular complexity index is 1170. The predicted octanol–water partition coefficient (Wildman–Crippen LogP) is 3.76. The molecule has 4 aromatic rings. The normalized spacial score (nSPS) is 14.5. The molecule has 1 aromatic carbocycles. The van der Waals surface area contributed by atoms with Gasteiger partial charge in [-0.1, -0.05) is 30.3 Å². The maximum Gasteiger partial charge on any atom is 0.158 e. The number of nitrogens with two attached hydrogens (primary N) is 1. The minimum Gasteiger partial charge on any atom is -0.261 e. The second kappa shape index (κ2) is 8.85. The van der Waals surface area contributed by atoms with Gasteiger partial charge in [0.15, 0.2) is 5.65 Å². The van der Waals surface area contributed by atoms with Crippen LogP contribution in [0.3, 0.4) is 0 Å². The van der Waals surface area contributed by atoms with Gasteiger partial charge in [-0.05, 0) is 55.5 Å². The number of pyridine rings is 2. The number of aromatic nitrogens is 4. The molecule has 0 aliphatic rings. The molecule has 6 nitrogen and oxygen atoms in total. The molecule has 3 atom stereocenters. The van der Waals surface area contributed by atoms with Gasteiger partial charge in [0, 0.05) is 41.3 Å². The molecule has 0 bridgehead atoms. The van der Waals surface area contributed by atoms with Crippen LogP contribution in [0, 0.1) is 0 Å². The van der Waals surface area contributed by atoms with Crippen molar-refractivity contribution < 1.29 is 4.21 Å². The van der Waals surface area contributed by atoms with E-state index in [1.165, 1.54) is 0 Å². The maximum atomic E-state index is 11.9. The molecule has 0 aliphatic carbocycles. The lowest BCUT2D eigenvalue weighted by atomic mass is 9.85. The van der Waals surface area contributed by atoms with Gasteiger partial charge in [0.25, 0.3) is 0 Å². The highest BCUT2D eigenvalue weighted by atomic mass is 32.2. The number of benzene rings is 1. The van der Waals surface area contributed by atoms with E-state index in [9.17, 15) is 4.21 Å². The highest BCUT2D eigenvalue weighted by molar-refractivity contribution is 7.83. The molecule has 2 unspecified atom stereocenters. The van der Waals surface area contributed by atoms with E-state index in [-0.39, 0.29) is 11.2 Å². The monoisotopic (exact) mass is 419 g/mol. The van der Waals surface area contributed by atoms with Gasteiger partial charge in [-0.15, -0.1) is 0 Å². The molecule has 3 aromatic heterocycles. The van der Waals surface area contributed by atoms with E-state index in [0.717, 1.165) is 40.0 Å². The van der Waals surface area contributed by atoms with Crippen LogP contribution in [0.1, 0.15) is 30.5 Å². The average Bonchev–Trinajstić information content (AvgIpc) is 3.10. The number of aryl methyl sites for hydroxylation is 1. The van der Waals surface area contributed by atoms with Gasteiger partial charge in [-0.2, -0.15) is 5.10 Å². The summed E-state index contributed by atoms with van der Waals surface area (Å²) in [5.74, 6) is 0.104. The average molecular weight is 420 g/mol. The van der Waals surface area contributed by atoms with E-state index in [2.05, 4.69) is 22.1 Å². The molecule has 154 valence electrons. The third-order valence-electron chi connectivity index (χ3n) is 5.45. The first-order valence-electron chi connectivity index (χ1n) is 9.96. The van der Waals surface area contributed by atoms with Crippen LogP contribution in [0.15, 0.2) is 67.0 Å². The smallest absolute Gasteiger partial charge is 0.158 e. The minimum absolute atomic E-state index is 0.104. The predicted molar refractivity (Wildman–Crippen MR) is 121 cm³/mol. The van der Waals surface area contributed by atoms with E-state index >= 15 is 0 Å². The van der Waals surface area contributed by atoms with Gasteiger partial charge < -0.3 is 0 Å². The molecule has 30 heavy (non-hydrogen) atoms. The van der Waals surface area contributed by atoms with Crippen molar-refractivity contribution in [3.63, 3.8) is 0 Å². The van der Waals surface area contributed by atoms with Crippen molar-refractivity contribution in [3.05, 3.63) is 78.2 Å². The summed E-state index contributed by atoms with van der Waals surface area (Å²) in [5.41, 5.74) is 4.97. The summed E-state index contributed by atoms with van der Waals surface area (Å²) in [6.45, 7) is 1.93. The summed E-state index contributed by atoms with van der Waals surface area (Å²) in [6.07, 6.45) is 5.02. The van der Waals surface area contributed by atoms with E-state index in [4.69, 9.17) is 10.2 Å². The van der Waals surface area contributed by atoms with E-state index < -0.39 is 11.0 Å². The lowest BCUT2D eigenvalue weighted by Crippen LogP contribution is -2.22. The fourth-order valence-electron chi connectivity index (χ4n) is 3.95. The highest BCUT2D eigenvalue weighted by Crippen LogP contribution is 2.36. The van der Waals surface area contributed by atoms with Gasteiger partial charge in [0.1, 0.15) is 5.69 Å². The van der Waals surface area contributed by atoms with Gasteiger partial charge in [0.2, 0.25) is 0 Å². The van der Waals surface area contributed by atoms with Gasteiger partial charge >= 0.3 is 0 Å². The largest absolute Gasteiger partial charge is 0.261 e. The summed E-state index contributed by atoms with van der Waals surface area (Å²) in [5, 5.41) is 11.4. The fraction of sp³-hybridized carbons (Fsp3) is 0.261. The van der Waals surface area contributed by atoms with Crippen LogP contribution in [0.5, 0.6) is 0 Å². The van der Waals surface area contributed by atoms with Crippen molar-refractivity contribution in [2.75, 3.05) is 0 Å². The molecule has 0 spiro atoms. The highest BCUT2D eigenvalue weighted by Gasteiger charge is 2.24. The Morgan fingerprint density at radius 2 is 1.80 bits per heavy atom. The van der Waals surface area contributed by atoms with Gasteiger partial charge in [0.05, 0.1) is 11.0 Å². The molecule has 0 aliphatic heterocycles. The Morgan fingerprint density at radius 3 is 2.57 bits per heavy atom. The lowest BCUT2D eigenvalue weighted by Gasteiger charge is -2.22. The Morgan fingerprint density at radius 1 is 1.03 bits per heavy atom. The number of rotatable bonds is 7. The van der Waals surface area contributed by atoms with Crippen molar-refractivity contribution in [2.24, 2.45) is 12.2 Å². The second-order valence-corrected chi connectivity index (χ2v) is 8.99. The van der Waals surface area contributed by atoms with Crippen LogP contribution in [0.25, 0.3) is 22.3 Å². The zero-order valence-corrected chi connectivity index (χ0v) is 17.9. The molecular formula is C23H25N5OS. The van der Waals surface area contributed by atoms with Crippen molar-refractivity contribution in [3.8, 4) is 11.3 Å². The van der Waals surface area contributed by atoms with E-state index in [1.807, 2.05) is 61.1 Å². The third kappa shape index (κ3) is 4.17. The number of fused-ring (bicyclic) bond motifs is 1. The summed E-state index contributed by atoms with van der Waals surface area (Å²) >= 11 is 0. The molecule has 3 heterocycles. The second-order valence-electron chi connectivity index (χ2n) is 7.53. The fourth-order valence-corrected chi connectivity index (χ4v) is 4.37. The van der Waals surface area contributed by atoms with Crippen molar-refractivity contribution in [1.82, 2.24) is 19.7 Å². The Hall–Kier alpha value is -2.90. The van der Waals surface area contributed by atoms with Crippen LogP contribution in [0.4, 0.5) is 0 Å². The van der Waals surface area contributed by atoms with Gasteiger partial charge in [-0.25, -0.2) is 13.9 Å². The summed E-state index contributed by atoms with van der Waals surface area (Å²) in [6, 6.07) is 18.2. The third-order valence-corrected chi connectivity index (χ3v) is 6.43. The summed E-state index contributed by atoms with van der Waals surface area (Å²) in [7, 11) is 0.527. The number of hydrogen-bond donors (Lipinski definition) is 1. The molecule has 7 heteroatoms. The zero-order chi connectivity index (χ0) is 21.1. The molecule has 4 rings (SSSR count). The minimum atomic E-state index is -1.38. The van der Waals surface area contributed by atoms with E-state index in [1.54, 1.807) is 12.4 Å². The molecule has 0 amide bonds. The molecule has 0 saturated carbocycles. The quantitative estimate of drug-likeness (QED) is 0.494. The maximum absolute atomic E-state index is 11.9. The molecular weight excluding hydrogens is 394 g/mol. The van der Waals surface area contributed by atoms with Crippen LogP contribution < -0.4 is 5.14 Å². The standard InChI is InChI=1S/C23H25N5OS/c1-16(30(24)29)14-17(15-18-8-5-6-12-25-18)19-9-3-4-10-20(19)22-21-11-7-13-26-23(21)28(2)27-22/h3-13,16-17H,14-15,24H2,1-2H3/t16?,17-,30?/m1/s1. The topological polar surface area (TPSA) is 86.7 Å². The zero-order valence-electron chi connectivity index (χ0n) is 17.1. The van der Waals surface area contributed by atoms with Crippen molar-refractivity contribution >= 4 is 22.0 Å². The van der Waals surface area contributed by atoms with Crippen LogP contribution >= 0.6 is 0 Å². The molecule has 0 saturated heterocycles. The van der Waals surface area contributed by atoms with Crippen LogP contribution in [-0.2, 0) is 24.5 Å². The molecule has 0 radical (unpaired) electrons. The first-order chi connectivity index (χ1) is 14.5. The Labute approximate surface area is 178 Å². The number of hydrogen-bond acceptors (Lipinski definition) is 4. The van der Waals surface area contributed by atoms with Gasteiger partial charge in [-0.3, -0.25) is 10.1 Å². The van der Waals surface area contributed by atoms with Crippen molar-refractivity contribution in [1.29, 1.82) is 0 Å². The first kappa shape index (κ1) is 20.4. The van der Waals surface area contributed by atoms with Crippen molar-refractivity contribution in [2.45, 2.75) is 30.9 Å². The van der Waals surface area contributed by atoms with Crippen LogP contribution in [-0.4, -0.2) is 29.2 Å². The van der Waals surface area contributed by atoms with E-state index in [0.29, 0.717) is 6.42 Å². The van der Waals surface area contributed by atoms with Crippen LogP contribution in [0.2, 0.25) is 0 Å². The lowest BCUT2D eigenvalue weighted by molar-refractivity contribution is 0.595. The summed E-state index contributed by atoms with van der Waals surface area (Å²) < 4.78 is 13.8. The SMILES string of the molecule is CC(C[C@H](Cc1ccccn1)c1ccccc1-c1nn(C)c2ncccc12)S(N)=O. The molecule has 2 N–H and O–H groups in total. The molecule has 0 fully saturated rings.